The third-order valence-electron chi connectivity index (χ3n) is 3.46. The van der Waals surface area contributed by atoms with E-state index in [9.17, 15) is 40.8 Å². The van der Waals surface area contributed by atoms with Gasteiger partial charge in [0, 0.05) is 21.9 Å². The van der Waals surface area contributed by atoms with Crippen LogP contribution in [0.2, 0.25) is 0 Å². The third kappa shape index (κ3) is 4.40. The van der Waals surface area contributed by atoms with E-state index in [2.05, 4.69) is 31.9 Å². The number of hydrogen-bond donors (Lipinski definition) is 0. The van der Waals surface area contributed by atoms with Crippen LogP contribution < -0.4 is 0 Å². The van der Waals surface area contributed by atoms with Gasteiger partial charge in [-0.15, -0.1) is 0 Å². The van der Waals surface area contributed by atoms with Gasteiger partial charge in [0.15, 0.2) is 0 Å². The molecule has 28 heavy (non-hydrogen) atoms. The van der Waals surface area contributed by atoms with Gasteiger partial charge in [-0.1, -0.05) is 50.1 Å². The SMILES string of the molecule is O=[N+]([O-])c1ccccc1C1(Br)[CH]C(Br)=CC(SC(F)(F)C(F)(F)C(F)(F)F)=C1. The van der Waals surface area contributed by atoms with E-state index in [0.29, 0.717) is 0 Å². The summed E-state index contributed by atoms with van der Waals surface area (Å²) in [6.07, 6.45) is -3.36. The predicted octanol–water partition coefficient (Wildman–Crippen LogP) is 7.09. The topological polar surface area (TPSA) is 43.1 Å². The molecule has 1 aromatic rings. The maximum absolute atomic E-state index is 13.7. The van der Waals surface area contributed by atoms with Gasteiger partial charge < -0.3 is 0 Å². The number of halogens is 9. The van der Waals surface area contributed by atoms with E-state index in [1.54, 1.807) is 0 Å². The molecule has 0 saturated carbocycles. The molecule has 153 valence electrons. The molecule has 0 fully saturated rings. The average Bonchev–Trinajstić information content (AvgIpc) is 2.52. The summed E-state index contributed by atoms with van der Waals surface area (Å²) in [4.78, 5) is 9.82. The van der Waals surface area contributed by atoms with Crippen LogP contribution in [0.4, 0.5) is 36.4 Å². The highest BCUT2D eigenvalue weighted by Gasteiger charge is 2.73. The van der Waals surface area contributed by atoms with Crippen LogP contribution in [0.1, 0.15) is 5.56 Å². The molecule has 0 aromatic heterocycles. The normalized spacial score (nSPS) is 21.2. The summed E-state index contributed by atoms with van der Waals surface area (Å²) < 4.78 is 89.3. The lowest BCUT2D eigenvalue weighted by Crippen LogP contribution is -2.50. The highest BCUT2D eigenvalue weighted by molar-refractivity contribution is 9.12. The second kappa shape index (κ2) is 7.63. The number of allylic oxidation sites excluding steroid dienone is 3. The van der Waals surface area contributed by atoms with Crippen LogP contribution in [-0.2, 0) is 4.32 Å². The average molecular weight is 558 g/mol. The highest BCUT2D eigenvalue weighted by atomic mass is 79.9. The molecule has 0 heterocycles. The molecule has 0 saturated heterocycles. The number of thioether (sulfide) groups is 1. The molecular formula is C15H7Br2F7NO2S. The van der Waals surface area contributed by atoms with Crippen molar-refractivity contribution >= 4 is 49.3 Å². The second-order valence-electron chi connectivity index (χ2n) is 5.45. The molecule has 0 N–H and O–H groups in total. The Morgan fingerprint density at radius 2 is 1.64 bits per heavy atom. The van der Waals surface area contributed by atoms with Gasteiger partial charge in [0.1, 0.15) is 0 Å². The van der Waals surface area contributed by atoms with Gasteiger partial charge in [0.2, 0.25) is 0 Å². The van der Waals surface area contributed by atoms with Crippen molar-refractivity contribution in [1.29, 1.82) is 0 Å². The summed E-state index contributed by atoms with van der Waals surface area (Å²) >= 11 is 5.09. The standard InChI is InChI=1S/C15H7Br2F7NO2S/c16-8-5-9(28-15(23,24)13(18,19)14(20,21)22)7-12(17,6-8)10-3-1-2-4-11(10)25(26)27/h1-7H. The van der Waals surface area contributed by atoms with Gasteiger partial charge in [0.05, 0.1) is 14.8 Å². The summed E-state index contributed by atoms with van der Waals surface area (Å²) in [5, 5.41) is 5.70. The molecule has 0 bridgehead atoms. The molecule has 3 nitrogen and oxygen atoms in total. The first kappa shape index (κ1) is 23.2. The van der Waals surface area contributed by atoms with Crippen molar-refractivity contribution in [2.75, 3.05) is 0 Å². The van der Waals surface area contributed by atoms with Crippen LogP contribution >= 0.6 is 43.6 Å². The first-order valence-corrected chi connectivity index (χ1v) is 9.41. The molecular weight excluding hydrogens is 551 g/mol. The predicted molar refractivity (Wildman–Crippen MR) is 96.6 cm³/mol. The van der Waals surface area contributed by atoms with E-state index in [1.165, 1.54) is 24.6 Å². The van der Waals surface area contributed by atoms with E-state index in [1.807, 2.05) is 0 Å². The molecule has 0 amide bonds. The van der Waals surface area contributed by atoms with Crippen LogP contribution in [0.25, 0.3) is 0 Å². The Kier molecular flexibility index (Phi) is 6.33. The monoisotopic (exact) mass is 556 g/mol. The number of nitro benzene ring substituents is 1. The third-order valence-corrected chi connectivity index (χ3v) is 5.79. The van der Waals surface area contributed by atoms with Crippen molar-refractivity contribution in [2.24, 2.45) is 0 Å². The van der Waals surface area contributed by atoms with Gasteiger partial charge in [0.25, 0.3) is 5.69 Å². The van der Waals surface area contributed by atoms with E-state index in [0.717, 1.165) is 18.2 Å². The van der Waals surface area contributed by atoms with Crippen molar-refractivity contribution in [3.8, 4) is 0 Å². The summed E-state index contributed by atoms with van der Waals surface area (Å²) in [5.41, 5.74) is -0.445. The summed E-state index contributed by atoms with van der Waals surface area (Å²) in [6.45, 7) is 0. The minimum atomic E-state index is -6.46. The van der Waals surface area contributed by atoms with Gasteiger partial charge >= 0.3 is 17.4 Å². The fraction of sp³-hybridized carbons (Fsp3) is 0.267. The Bertz CT molecular complexity index is 857. The molecule has 1 aromatic carbocycles. The first-order chi connectivity index (χ1) is 12.6. The highest BCUT2D eigenvalue weighted by Crippen LogP contribution is 2.56. The summed E-state index contributed by atoms with van der Waals surface area (Å²) in [7, 11) is 0. The van der Waals surface area contributed by atoms with Crippen LogP contribution in [0.3, 0.4) is 0 Å². The molecule has 1 radical (unpaired) electrons. The zero-order chi connectivity index (χ0) is 21.5. The minimum absolute atomic E-state index is 0.0333. The molecule has 0 aliphatic heterocycles. The smallest absolute Gasteiger partial charge is 0.258 e. The fourth-order valence-electron chi connectivity index (χ4n) is 2.22. The molecule has 0 spiro atoms. The van der Waals surface area contributed by atoms with Crippen molar-refractivity contribution < 1.29 is 35.7 Å². The Balaban J connectivity index is 2.49. The number of benzene rings is 1. The molecule has 1 atom stereocenters. The number of nitro groups is 1. The van der Waals surface area contributed by atoms with E-state index >= 15 is 0 Å². The molecule has 2 rings (SSSR count). The van der Waals surface area contributed by atoms with Crippen LogP contribution in [-0.4, -0.2) is 22.3 Å². The molecule has 13 heteroatoms. The van der Waals surface area contributed by atoms with Crippen LogP contribution in [0, 0.1) is 16.5 Å². The lowest BCUT2D eigenvalue weighted by Gasteiger charge is -2.31. The van der Waals surface area contributed by atoms with Gasteiger partial charge in [-0.2, -0.15) is 30.7 Å². The van der Waals surface area contributed by atoms with E-state index in [4.69, 9.17) is 0 Å². The first-order valence-electron chi connectivity index (χ1n) is 7.01. The Morgan fingerprint density at radius 1 is 1.07 bits per heavy atom. The maximum atomic E-state index is 13.7. The van der Waals surface area contributed by atoms with Crippen molar-refractivity contribution in [2.45, 2.75) is 21.7 Å². The number of nitrogens with zero attached hydrogens (tertiary/aromatic N) is 1. The Labute approximate surface area is 174 Å². The summed E-state index contributed by atoms with van der Waals surface area (Å²) in [5.74, 6) is -6.29. The Hall–Kier alpha value is -1.08. The minimum Gasteiger partial charge on any atom is -0.258 e. The number of hydrogen-bond acceptors (Lipinski definition) is 3. The van der Waals surface area contributed by atoms with Crippen molar-refractivity contribution in [3.05, 3.63) is 67.9 Å². The van der Waals surface area contributed by atoms with Gasteiger partial charge in [-0.25, -0.2) is 0 Å². The van der Waals surface area contributed by atoms with Gasteiger partial charge in [-0.3, -0.25) is 10.1 Å². The zero-order valence-corrected chi connectivity index (χ0v) is 17.1. The second-order valence-corrected chi connectivity index (χ2v) is 8.87. The molecule has 1 aliphatic carbocycles. The van der Waals surface area contributed by atoms with Crippen molar-refractivity contribution in [3.63, 3.8) is 0 Å². The van der Waals surface area contributed by atoms with E-state index < -0.39 is 49.0 Å². The van der Waals surface area contributed by atoms with E-state index in [-0.39, 0.29) is 10.0 Å². The summed E-state index contributed by atoms with van der Waals surface area (Å²) in [6, 6.07) is 5.18. The van der Waals surface area contributed by atoms with Crippen LogP contribution in [0.5, 0.6) is 0 Å². The maximum Gasteiger partial charge on any atom is 0.460 e. The number of para-hydroxylation sites is 1. The van der Waals surface area contributed by atoms with Crippen LogP contribution in [0.15, 0.2) is 45.8 Å². The molecule has 1 unspecified atom stereocenters. The lowest BCUT2D eigenvalue weighted by atomic mass is 9.91. The number of rotatable bonds is 5. The Morgan fingerprint density at radius 3 is 2.18 bits per heavy atom. The fourth-order valence-corrected chi connectivity index (χ4v) is 5.23. The lowest BCUT2D eigenvalue weighted by molar-refractivity contribution is -0.385. The van der Waals surface area contributed by atoms with Crippen molar-refractivity contribution in [1.82, 2.24) is 0 Å². The quantitative estimate of drug-likeness (QED) is 0.168. The molecule has 1 aliphatic rings. The zero-order valence-electron chi connectivity index (χ0n) is 13.1. The number of alkyl halides is 8. The van der Waals surface area contributed by atoms with Gasteiger partial charge in [-0.05, 0) is 23.9 Å². The largest absolute Gasteiger partial charge is 0.460 e.